The molecule has 0 amide bonds. The largest absolute Gasteiger partial charge is 0.493 e. The smallest absolute Gasteiger partial charge is 0.337 e. The van der Waals surface area contributed by atoms with Crippen LogP contribution in [-0.2, 0) is 6.54 Å². The number of hydrogen-bond donors (Lipinski definition) is 0. The molecule has 0 bridgehead atoms. The van der Waals surface area contributed by atoms with Gasteiger partial charge in [0, 0.05) is 5.69 Å². The van der Waals surface area contributed by atoms with Gasteiger partial charge in [0.1, 0.15) is 17.2 Å². The number of aromatic nitrogens is 4. The summed E-state index contributed by atoms with van der Waals surface area (Å²) >= 11 is 0. The lowest BCUT2D eigenvalue weighted by Gasteiger charge is -2.15. The molecule has 3 heterocycles. The molecule has 0 saturated heterocycles. The first-order valence-electron chi connectivity index (χ1n) is 11.8. The van der Waals surface area contributed by atoms with Crippen molar-refractivity contribution in [3.05, 3.63) is 104 Å². The van der Waals surface area contributed by atoms with Crippen LogP contribution in [0.2, 0.25) is 0 Å². The molecule has 2 aromatic carbocycles. The summed E-state index contributed by atoms with van der Waals surface area (Å²) in [7, 11) is 0. The van der Waals surface area contributed by atoms with Gasteiger partial charge in [-0.05, 0) is 63.6 Å². The highest BCUT2D eigenvalue weighted by atomic mass is 16.5. The number of fused-ring (bicyclic) bond motifs is 1. The summed E-state index contributed by atoms with van der Waals surface area (Å²) in [5, 5.41) is 0.395. The van der Waals surface area contributed by atoms with Crippen molar-refractivity contribution in [1.82, 2.24) is 19.1 Å². The SMILES string of the molecule is CCOc1ccccc1-c1nc(Cn2c(=O)c3c(C)cc(C)nc3n(-c3ccccc3)c2=O)c(C)o1. The van der Waals surface area contributed by atoms with Crippen LogP contribution in [0.3, 0.4) is 0 Å². The number of ether oxygens (including phenoxy) is 1. The van der Waals surface area contributed by atoms with Crippen LogP contribution in [0.4, 0.5) is 0 Å². The first-order chi connectivity index (χ1) is 17.4. The van der Waals surface area contributed by atoms with E-state index in [4.69, 9.17) is 9.15 Å². The predicted octanol–water partition coefficient (Wildman–Crippen LogP) is 4.57. The summed E-state index contributed by atoms with van der Waals surface area (Å²) in [5.41, 5.74) is 2.75. The molecule has 0 aliphatic heterocycles. The molecule has 0 N–H and O–H groups in total. The fourth-order valence-electron chi connectivity index (χ4n) is 4.39. The Labute approximate surface area is 207 Å². The van der Waals surface area contributed by atoms with Crippen LogP contribution in [0, 0.1) is 20.8 Å². The third kappa shape index (κ3) is 4.00. The summed E-state index contributed by atoms with van der Waals surface area (Å²) in [5.74, 6) is 1.55. The Balaban J connectivity index is 1.70. The van der Waals surface area contributed by atoms with Gasteiger partial charge in [0.05, 0.1) is 29.8 Å². The molecule has 36 heavy (non-hydrogen) atoms. The molecule has 0 aliphatic rings. The molecule has 0 aliphatic carbocycles. The van der Waals surface area contributed by atoms with Crippen molar-refractivity contribution in [2.45, 2.75) is 34.2 Å². The molecule has 5 rings (SSSR count). The second kappa shape index (κ2) is 9.30. The van der Waals surface area contributed by atoms with Gasteiger partial charge in [0.2, 0.25) is 5.89 Å². The van der Waals surface area contributed by atoms with Gasteiger partial charge in [0.25, 0.3) is 5.56 Å². The van der Waals surface area contributed by atoms with Crippen molar-refractivity contribution in [3.63, 3.8) is 0 Å². The fraction of sp³-hybridized carbons (Fsp3) is 0.214. The summed E-state index contributed by atoms with van der Waals surface area (Å²) in [6.07, 6.45) is 0. The van der Waals surface area contributed by atoms with Crippen molar-refractivity contribution in [2.75, 3.05) is 6.61 Å². The van der Waals surface area contributed by atoms with E-state index in [1.807, 2.05) is 81.4 Å². The molecule has 0 atom stereocenters. The van der Waals surface area contributed by atoms with E-state index in [0.717, 1.165) is 11.3 Å². The molecule has 3 aromatic heterocycles. The molecular weight excluding hydrogens is 456 g/mol. The average molecular weight is 483 g/mol. The van der Waals surface area contributed by atoms with Gasteiger partial charge in [-0.25, -0.2) is 19.3 Å². The molecule has 0 spiro atoms. The van der Waals surface area contributed by atoms with E-state index >= 15 is 0 Å². The highest BCUT2D eigenvalue weighted by Gasteiger charge is 2.21. The van der Waals surface area contributed by atoms with Crippen LogP contribution in [0.1, 0.15) is 29.6 Å². The number of oxazole rings is 1. The first-order valence-corrected chi connectivity index (χ1v) is 11.8. The van der Waals surface area contributed by atoms with E-state index in [9.17, 15) is 9.59 Å². The molecule has 8 heteroatoms. The number of aryl methyl sites for hydroxylation is 3. The van der Waals surface area contributed by atoms with E-state index < -0.39 is 11.2 Å². The van der Waals surface area contributed by atoms with Gasteiger partial charge in [-0.15, -0.1) is 0 Å². The lowest BCUT2D eigenvalue weighted by atomic mass is 10.1. The third-order valence-corrected chi connectivity index (χ3v) is 6.05. The van der Waals surface area contributed by atoms with Crippen molar-refractivity contribution in [3.8, 4) is 22.9 Å². The van der Waals surface area contributed by atoms with Crippen molar-refractivity contribution < 1.29 is 9.15 Å². The molecule has 182 valence electrons. The van der Waals surface area contributed by atoms with Crippen molar-refractivity contribution in [1.29, 1.82) is 0 Å². The molecule has 5 aromatic rings. The zero-order valence-electron chi connectivity index (χ0n) is 20.6. The number of benzene rings is 2. The molecule has 0 unspecified atom stereocenters. The van der Waals surface area contributed by atoms with Crippen LogP contribution in [0.15, 0.2) is 74.7 Å². The zero-order chi connectivity index (χ0) is 25.4. The molecule has 0 saturated carbocycles. The maximum Gasteiger partial charge on any atom is 0.337 e. The van der Waals surface area contributed by atoms with Gasteiger partial charge in [-0.2, -0.15) is 0 Å². The maximum absolute atomic E-state index is 13.8. The summed E-state index contributed by atoms with van der Waals surface area (Å²) in [6, 6.07) is 18.5. The number of nitrogens with zero attached hydrogens (tertiary/aromatic N) is 4. The Morgan fingerprint density at radius 2 is 1.67 bits per heavy atom. The van der Waals surface area contributed by atoms with E-state index in [1.165, 1.54) is 9.13 Å². The monoisotopic (exact) mass is 482 g/mol. The van der Waals surface area contributed by atoms with Gasteiger partial charge < -0.3 is 9.15 Å². The quantitative estimate of drug-likeness (QED) is 0.352. The summed E-state index contributed by atoms with van der Waals surface area (Å²) < 4.78 is 14.4. The Hall–Kier alpha value is -4.46. The lowest BCUT2D eigenvalue weighted by molar-refractivity contribution is 0.340. The highest BCUT2D eigenvalue weighted by Crippen LogP contribution is 2.30. The Morgan fingerprint density at radius 1 is 0.944 bits per heavy atom. The van der Waals surface area contributed by atoms with Gasteiger partial charge in [-0.1, -0.05) is 30.3 Å². The van der Waals surface area contributed by atoms with Crippen molar-refractivity contribution in [2.24, 2.45) is 0 Å². The fourth-order valence-corrected chi connectivity index (χ4v) is 4.39. The molecule has 8 nitrogen and oxygen atoms in total. The Bertz CT molecular complexity index is 1700. The second-order valence-electron chi connectivity index (χ2n) is 8.58. The number of para-hydroxylation sites is 2. The predicted molar refractivity (Wildman–Crippen MR) is 138 cm³/mol. The molecule has 0 fully saturated rings. The molecule has 0 radical (unpaired) electrons. The maximum atomic E-state index is 13.8. The zero-order valence-corrected chi connectivity index (χ0v) is 20.6. The third-order valence-electron chi connectivity index (χ3n) is 6.05. The van der Waals surface area contributed by atoms with E-state index in [-0.39, 0.29) is 6.54 Å². The van der Waals surface area contributed by atoms with Crippen LogP contribution in [0.5, 0.6) is 5.75 Å². The van der Waals surface area contributed by atoms with E-state index in [1.54, 1.807) is 6.92 Å². The highest BCUT2D eigenvalue weighted by molar-refractivity contribution is 5.79. The standard InChI is InChI=1S/C28H26N4O4/c1-5-35-23-14-10-9-13-21(23)26-30-22(19(4)36-26)16-31-27(33)24-17(2)15-18(3)29-25(24)32(28(31)34)20-11-7-6-8-12-20/h6-15H,5,16H2,1-4H3. The molecular formula is C28H26N4O4. The summed E-state index contributed by atoms with van der Waals surface area (Å²) in [4.78, 5) is 36.6. The van der Waals surface area contributed by atoms with Crippen molar-refractivity contribution >= 4 is 11.0 Å². The van der Waals surface area contributed by atoms with Crippen LogP contribution >= 0.6 is 0 Å². The second-order valence-corrected chi connectivity index (χ2v) is 8.58. The minimum Gasteiger partial charge on any atom is -0.493 e. The Morgan fingerprint density at radius 3 is 2.42 bits per heavy atom. The van der Waals surface area contributed by atoms with E-state index in [0.29, 0.717) is 52.0 Å². The van der Waals surface area contributed by atoms with Gasteiger partial charge in [0.15, 0.2) is 5.65 Å². The van der Waals surface area contributed by atoms with Crippen LogP contribution < -0.4 is 16.0 Å². The normalized spacial score (nSPS) is 11.2. The van der Waals surface area contributed by atoms with E-state index in [2.05, 4.69) is 9.97 Å². The lowest BCUT2D eigenvalue weighted by Crippen LogP contribution is -2.40. The average Bonchev–Trinajstić information content (AvgIpc) is 3.22. The van der Waals surface area contributed by atoms with Gasteiger partial charge in [-0.3, -0.25) is 9.36 Å². The minimum absolute atomic E-state index is 0.0418. The minimum atomic E-state index is -0.491. The number of pyridine rings is 1. The number of rotatable bonds is 6. The topological polar surface area (TPSA) is 92.2 Å². The van der Waals surface area contributed by atoms with Crippen LogP contribution in [0.25, 0.3) is 28.2 Å². The first kappa shape index (κ1) is 23.3. The van der Waals surface area contributed by atoms with Crippen LogP contribution in [-0.4, -0.2) is 25.7 Å². The Kier molecular flexibility index (Phi) is 6.01. The van der Waals surface area contributed by atoms with Gasteiger partial charge >= 0.3 is 5.69 Å². The summed E-state index contributed by atoms with van der Waals surface area (Å²) in [6.45, 7) is 7.84. The number of hydrogen-bond acceptors (Lipinski definition) is 6.